The van der Waals surface area contributed by atoms with E-state index in [1.807, 2.05) is 19.1 Å². The molecule has 3 saturated carbocycles. The lowest BCUT2D eigenvalue weighted by molar-refractivity contribution is 0.0894. The normalized spacial score (nSPS) is 21.5. The third-order valence-corrected chi connectivity index (χ3v) is 9.96. The Bertz CT molecular complexity index is 1630. The SMILES string of the molecule is CCc1cc(C(=O)NCC23CCC(CC2)C(n2cc4ccc(Br)cc4n2)CC3)c(F)c(F)c1OCc1ccc(OC)cc1. The van der Waals surface area contributed by atoms with Crippen molar-refractivity contribution >= 4 is 32.7 Å². The summed E-state index contributed by atoms with van der Waals surface area (Å²) in [5, 5.41) is 9.00. The van der Waals surface area contributed by atoms with Crippen LogP contribution in [0.25, 0.3) is 10.9 Å². The summed E-state index contributed by atoms with van der Waals surface area (Å²) in [6.07, 6.45) is 8.57. The standard InChI is InChI=1S/C34H36BrF2N3O3/c1-3-22-16-27(30(36)31(37)32(22)43-19-21-4-8-26(42-2)9-5-21)33(41)38-20-34-13-10-23(11-14-34)29(12-15-34)40-18-24-6-7-25(35)17-28(24)39-40/h4-9,16-18,23,29H,3,10-15,19-20H2,1-2H3,(H,38,41). The first-order chi connectivity index (χ1) is 20.8. The summed E-state index contributed by atoms with van der Waals surface area (Å²) in [4.78, 5) is 13.3. The molecule has 226 valence electrons. The number of nitrogens with one attached hydrogen (secondary N) is 1. The minimum atomic E-state index is -1.18. The molecule has 3 aliphatic rings. The van der Waals surface area contributed by atoms with Gasteiger partial charge in [0.05, 0.1) is 24.2 Å². The van der Waals surface area contributed by atoms with E-state index in [9.17, 15) is 4.79 Å². The Morgan fingerprint density at radius 2 is 1.81 bits per heavy atom. The first-order valence-electron chi connectivity index (χ1n) is 15.0. The Morgan fingerprint density at radius 1 is 1.07 bits per heavy atom. The van der Waals surface area contributed by atoms with Gasteiger partial charge in [-0.2, -0.15) is 9.49 Å². The molecule has 9 heteroatoms. The highest BCUT2D eigenvalue weighted by atomic mass is 79.9. The van der Waals surface area contributed by atoms with Gasteiger partial charge in [-0.15, -0.1) is 0 Å². The molecule has 3 aromatic carbocycles. The second kappa shape index (κ2) is 12.3. The highest BCUT2D eigenvalue weighted by molar-refractivity contribution is 9.10. The molecule has 1 heterocycles. The fraction of sp³-hybridized carbons (Fsp3) is 0.412. The van der Waals surface area contributed by atoms with Crippen LogP contribution in [0.5, 0.6) is 11.5 Å². The summed E-state index contributed by atoms with van der Waals surface area (Å²) in [6, 6.07) is 15.1. The van der Waals surface area contributed by atoms with Gasteiger partial charge in [-0.05, 0) is 97.7 Å². The van der Waals surface area contributed by atoms with E-state index < -0.39 is 17.5 Å². The third kappa shape index (κ3) is 6.01. The number of hydrogen-bond acceptors (Lipinski definition) is 4. The van der Waals surface area contributed by atoms with Crippen LogP contribution < -0.4 is 14.8 Å². The van der Waals surface area contributed by atoms with E-state index in [1.165, 1.54) is 6.07 Å². The Balaban J connectivity index is 1.13. The highest BCUT2D eigenvalue weighted by Crippen LogP contribution is 2.51. The van der Waals surface area contributed by atoms with Crippen LogP contribution in [-0.2, 0) is 13.0 Å². The Labute approximate surface area is 258 Å². The van der Waals surface area contributed by atoms with Crippen molar-refractivity contribution in [3.8, 4) is 11.5 Å². The number of carbonyl (C=O) groups excluding carboxylic acids is 1. The average molecular weight is 653 g/mol. The highest BCUT2D eigenvalue weighted by Gasteiger charge is 2.43. The van der Waals surface area contributed by atoms with Gasteiger partial charge in [-0.1, -0.05) is 41.1 Å². The van der Waals surface area contributed by atoms with Crippen molar-refractivity contribution in [1.29, 1.82) is 0 Å². The lowest BCUT2D eigenvalue weighted by atomic mass is 9.71. The van der Waals surface area contributed by atoms with Crippen molar-refractivity contribution in [2.24, 2.45) is 11.3 Å². The number of carbonyl (C=O) groups is 1. The smallest absolute Gasteiger partial charge is 0.254 e. The molecule has 43 heavy (non-hydrogen) atoms. The number of fused-ring (bicyclic) bond motifs is 5. The number of benzene rings is 3. The molecule has 7 rings (SSSR count). The van der Waals surface area contributed by atoms with Crippen LogP contribution in [0.1, 0.15) is 73.0 Å². The van der Waals surface area contributed by atoms with E-state index in [1.54, 1.807) is 31.4 Å². The third-order valence-electron chi connectivity index (χ3n) is 9.46. The van der Waals surface area contributed by atoms with Crippen molar-refractivity contribution in [1.82, 2.24) is 15.1 Å². The second-order valence-corrected chi connectivity index (χ2v) is 12.9. The summed E-state index contributed by atoms with van der Waals surface area (Å²) in [5.41, 5.74) is 1.89. The Hall–Kier alpha value is -3.46. The fourth-order valence-electron chi connectivity index (χ4n) is 6.85. The van der Waals surface area contributed by atoms with Gasteiger partial charge in [-0.25, -0.2) is 4.39 Å². The molecule has 0 radical (unpaired) electrons. The molecule has 1 aromatic heterocycles. The van der Waals surface area contributed by atoms with E-state index in [2.05, 4.69) is 38.2 Å². The van der Waals surface area contributed by atoms with Crippen LogP contribution in [0.15, 0.2) is 59.2 Å². The van der Waals surface area contributed by atoms with Crippen molar-refractivity contribution in [3.05, 3.63) is 87.5 Å². The number of hydrogen-bond donors (Lipinski definition) is 1. The summed E-state index contributed by atoms with van der Waals surface area (Å²) < 4.78 is 44.6. The second-order valence-electron chi connectivity index (χ2n) is 12.0. The van der Waals surface area contributed by atoms with Crippen molar-refractivity contribution in [2.75, 3.05) is 13.7 Å². The van der Waals surface area contributed by atoms with Gasteiger partial charge in [0.2, 0.25) is 5.82 Å². The maximum absolute atomic E-state index is 15.3. The van der Waals surface area contributed by atoms with Gasteiger partial charge in [0.25, 0.3) is 5.91 Å². The Kier molecular flexibility index (Phi) is 8.45. The Morgan fingerprint density at radius 3 is 2.53 bits per heavy atom. The predicted molar refractivity (Wildman–Crippen MR) is 165 cm³/mol. The molecule has 2 bridgehead atoms. The van der Waals surface area contributed by atoms with Gasteiger partial charge in [0.15, 0.2) is 11.6 Å². The van der Waals surface area contributed by atoms with Crippen LogP contribution >= 0.6 is 15.9 Å². The number of nitrogens with zero attached hydrogens (tertiary/aromatic N) is 2. The molecular formula is C34H36BrF2N3O3. The minimum Gasteiger partial charge on any atom is -0.497 e. The number of amides is 1. The quantitative estimate of drug-likeness (QED) is 0.198. The number of rotatable bonds is 9. The van der Waals surface area contributed by atoms with E-state index in [0.29, 0.717) is 36.2 Å². The number of ether oxygens (including phenoxy) is 2. The molecule has 1 N–H and O–H groups in total. The molecule has 0 spiro atoms. The first-order valence-corrected chi connectivity index (χ1v) is 15.8. The largest absolute Gasteiger partial charge is 0.497 e. The van der Waals surface area contributed by atoms with Crippen LogP contribution in [-0.4, -0.2) is 29.3 Å². The van der Waals surface area contributed by atoms with Gasteiger partial charge in [-0.3, -0.25) is 9.48 Å². The van der Waals surface area contributed by atoms with E-state index in [4.69, 9.17) is 14.6 Å². The molecule has 3 fully saturated rings. The van der Waals surface area contributed by atoms with Gasteiger partial charge in [0, 0.05) is 22.6 Å². The number of aryl methyl sites for hydroxylation is 1. The zero-order valence-electron chi connectivity index (χ0n) is 24.5. The topological polar surface area (TPSA) is 65.4 Å². The maximum Gasteiger partial charge on any atom is 0.254 e. The summed E-state index contributed by atoms with van der Waals surface area (Å²) in [6.45, 7) is 2.34. The molecule has 4 aromatic rings. The van der Waals surface area contributed by atoms with Gasteiger partial charge < -0.3 is 14.8 Å². The minimum absolute atomic E-state index is 0.0550. The van der Waals surface area contributed by atoms with E-state index in [0.717, 1.165) is 59.5 Å². The molecule has 6 nitrogen and oxygen atoms in total. The molecule has 3 aliphatic carbocycles. The number of halogens is 3. The number of aromatic nitrogens is 2. The summed E-state index contributed by atoms with van der Waals surface area (Å²) in [5.74, 6) is -1.83. The summed E-state index contributed by atoms with van der Waals surface area (Å²) in [7, 11) is 1.58. The zero-order valence-corrected chi connectivity index (χ0v) is 26.1. The maximum atomic E-state index is 15.3. The van der Waals surface area contributed by atoms with Crippen LogP contribution in [0.3, 0.4) is 0 Å². The van der Waals surface area contributed by atoms with Gasteiger partial charge >= 0.3 is 0 Å². The lowest BCUT2D eigenvalue weighted by Crippen LogP contribution is -2.39. The predicted octanol–water partition coefficient (Wildman–Crippen LogP) is 8.17. The monoisotopic (exact) mass is 651 g/mol. The zero-order chi connectivity index (χ0) is 30.1. The summed E-state index contributed by atoms with van der Waals surface area (Å²) >= 11 is 3.54. The molecule has 1 amide bonds. The molecule has 0 aliphatic heterocycles. The first kappa shape index (κ1) is 29.6. The van der Waals surface area contributed by atoms with Crippen LogP contribution in [0.2, 0.25) is 0 Å². The van der Waals surface area contributed by atoms with Crippen molar-refractivity contribution in [3.63, 3.8) is 0 Å². The van der Waals surface area contributed by atoms with Crippen LogP contribution in [0, 0.1) is 23.0 Å². The molecule has 1 atom stereocenters. The molecular weight excluding hydrogens is 616 g/mol. The van der Waals surface area contributed by atoms with Crippen molar-refractivity contribution in [2.45, 2.75) is 64.5 Å². The number of methoxy groups -OCH3 is 1. The van der Waals surface area contributed by atoms with Gasteiger partial charge in [0.1, 0.15) is 12.4 Å². The van der Waals surface area contributed by atoms with E-state index in [-0.39, 0.29) is 23.3 Å². The molecule has 1 unspecified atom stereocenters. The van der Waals surface area contributed by atoms with Crippen molar-refractivity contribution < 1.29 is 23.0 Å². The lowest BCUT2D eigenvalue weighted by Gasteiger charge is -2.37. The van der Waals surface area contributed by atoms with Crippen LogP contribution in [0.4, 0.5) is 8.78 Å². The van der Waals surface area contributed by atoms with E-state index >= 15 is 8.78 Å². The fourth-order valence-corrected chi connectivity index (χ4v) is 7.20. The average Bonchev–Trinajstić information content (AvgIpc) is 3.24. The molecule has 0 saturated heterocycles.